The SMILES string of the molecule is CC(C)(C)c1ccc2c(c1)c1cc(C(C)(C)C)cc3c1n2-c1cc2c(cc1C3(C)C)-c1ccc(-c3cc4ccc5cccc6ccc(c3)c4c56)cc1C2(C)C. The molecule has 55 heavy (non-hydrogen) atoms. The van der Waals surface area contributed by atoms with Gasteiger partial charge in [0.2, 0.25) is 0 Å². The molecule has 0 fully saturated rings. The van der Waals surface area contributed by atoms with Crippen molar-refractivity contribution in [2.45, 2.75) is 90.9 Å². The van der Waals surface area contributed by atoms with Gasteiger partial charge in [-0.05, 0) is 147 Å². The number of rotatable bonds is 1. The summed E-state index contributed by atoms with van der Waals surface area (Å²) in [6.45, 7) is 23.8. The summed E-state index contributed by atoms with van der Waals surface area (Å²) < 4.78 is 2.62. The van der Waals surface area contributed by atoms with Crippen LogP contribution in [0.4, 0.5) is 0 Å². The topological polar surface area (TPSA) is 4.93 Å². The van der Waals surface area contributed by atoms with Crippen LogP contribution < -0.4 is 0 Å². The van der Waals surface area contributed by atoms with Crippen LogP contribution >= 0.6 is 0 Å². The van der Waals surface area contributed by atoms with Crippen LogP contribution in [0.1, 0.15) is 103 Å². The first-order chi connectivity index (χ1) is 26.0. The Morgan fingerprint density at radius 3 is 1.71 bits per heavy atom. The molecule has 8 aromatic carbocycles. The molecule has 0 atom stereocenters. The highest BCUT2D eigenvalue weighted by molar-refractivity contribution is 6.23. The van der Waals surface area contributed by atoms with Crippen LogP contribution in [-0.2, 0) is 21.7 Å². The van der Waals surface area contributed by atoms with Crippen LogP contribution in [-0.4, -0.2) is 4.57 Å². The van der Waals surface area contributed by atoms with Gasteiger partial charge in [-0.15, -0.1) is 0 Å². The molecule has 1 aliphatic carbocycles. The lowest BCUT2D eigenvalue weighted by Gasteiger charge is -2.37. The number of fused-ring (bicyclic) bond motifs is 8. The zero-order valence-electron chi connectivity index (χ0n) is 33.9. The average molecular weight is 712 g/mol. The molecule has 0 amide bonds. The fraction of sp³-hybridized carbons (Fsp3) is 0.259. The molecule has 0 radical (unpaired) electrons. The van der Waals surface area contributed by atoms with E-state index in [0.717, 1.165) is 0 Å². The van der Waals surface area contributed by atoms with Crippen molar-refractivity contribution in [2.24, 2.45) is 0 Å². The van der Waals surface area contributed by atoms with Crippen molar-refractivity contribution < 1.29 is 0 Å². The van der Waals surface area contributed by atoms with E-state index in [1.807, 2.05) is 0 Å². The van der Waals surface area contributed by atoms with Gasteiger partial charge in [0.25, 0.3) is 0 Å². The zero-order chi connectivity index (χ0) is 38.1. The van der Waals surface area contributed by atoms with Crippen LogP contribution in [0, 0.1) is 0 Å². The maximum absolute atomic E-state index is 2.62. The lowest BCUT2D eigenvalue weighted by Crippen LogP contribution is -2.28. The first-order valence-electron chi connectivity index (χ1n) is 20.2. The van der Waals surface area contributed by atoms with Gasteiger partial charge in [0.05, 0.1) is 16.7 Å². The molecule has 0 bridgehead atoms. The van der Waals surface area contributed by atoms with Gasteiger partial charge in [-0.3, -0.25) is 0 Å². The minimum absolute atomic E-state index is 0.0332. The molecular formula is C54H49N. The predicted molar refractivity (Wildman–Crippen MR) is 237 cm³/mol. The molecule has 270 valence electrons. The highest BCUT2D eigenvalue weighted by Gasteiger charge is 2.42. The second kappa shape index (κ2) is 10.3. The Balaban J connectivity index is 1.13. The first-order valence-corrected chi connectivity index (χ1v) is 20.2. The van der Waals surface area contributed by atoms with Crippen molar-refractivity contribution in [2.75, 3.05) is 0 Å². The van der Waals surface area contributed by atoms with E-state index in [4.69, 9.17) is 0 Å². The monoisotopic (exact) mass is 711 g/mol. The van der Waals surface area contributed by atoms with Crippen molar-refractivity contribution in [1.82, 2.24) is 4.57 Å². The molecule has 0 unspecified atom stereocenters. The quantitative estimate of drug-likeness (QED) is 0.149. The fourth-order valence-corrected chi connectivity index (χ4v) is 10.5. The Kier molecular flexibility index (Phi) is 6.15. The second-order valence-corrected chi connectivity index (χ2v) is 19.9. The third kappa shape index (κ3) is 4.30. The molecular weight excluding hydrogens is 663 g/mol. The Morgan fingerprint density at radius 1 is 0.436 bits per heavy atom. The minimum Gasteiger partial charge on any atom is -0.309 e. The first kappa shape index (κ1) is 33.0. The highest BCUT2D eigenvalue weighted by Crippen LogP contribution is 2.56. The minimum atomic E-state index is -0.183. The molecule has 11 rings (SSSR count). The van der Waals surface area contributed by atoms with E-state index in [0.29, 0.717) is 0 Å². The van der Waals surface area contributed by atoms with Crippen molar-refractivity contribution in [3.63, 3.8) is 0 Å². The third-order valence-corrected chi connectivity index (χ3v) is 13.8. The van der Waals surface area contributed by atoms with E-state index in [2.05, 4.69) is 189 Å². The number of hydrogen-bond acceptors (Lipinski definition) is 0. The van der Waals surface area contributed by atoms with Gasteiger partial charge in [0, 0.05) is 21.6 Å². The molecule has 0 spiro atoms. The summed E-state index contributed by atoms with van der Waals surface area (Å²) in [6, 6.07) is 45.3. The number of nitrogens with zero attached hydrogens (tertiary/aromatic N) is 1. The standard InChI is InChI=1S/C54H49N/c1-51(2,3)36-19-21-46-40(25-36)41-26-37(52(4,5)6)27-45-50(41)55(46)47-29-43-39(28-44(47)54(45,9)10)38-20-18-32(24-42(38)53(43,7)8)35-22-33-16-14-30-12-11-13-31-15-17-34(23-35)49(33)48(30)31/h11-29H,1-10H3. The Bertz CT molecular complexity index is 3080. The molecule has 1 nitrogen and oxygen atoms in total. The van der Waals surface area contributed by atoms with E-state index >= 15 is 0 Å². The van der Waals surface area contributed by atoms with Crippen LogP contribution in [0.15, 0.2) is 115 Å². The van der Waals surface area contributed by atoms with E-state index in [-0.39, 0.29) is 21.7 Å². The van der Waals surface area contributed by atoms with Crippen LogP contribution in [0.3, 0.4) is 0 Å². The van der Waals surface area contributed by atoms with Crippen LogP contribution in [0.25, 0.3) is 82.1 Å². The van der Waals surface area contributed by atoms with E-state index in [9.17, 15) is 0 Å². The smallest absolute Gasteiger partial charge is 0.0582 e. The van der Waals surface area contributed by atoms with E-state index < -0.39 is 0 Å². The molecule has 1 heteroatoms. The fourth-order valence-electron chi connectivity index (χ4n) is 10.5. The van der Waals surface area contributed by atoms with Gasteiger partial charge < -0.3 is 4.57 Å². The zero-order valence-corrected chi connectivity index (χ0v) is 33.9. The van der Waals surface area contributed by atoms with Gasteiger partial charge in [-0.1, -0.05) is 136 Å². The summed E-state index contributed by atoms with van der Waals surface area (Å²) in [5.74, 6) is 0. The number of aromatic nitrogens is 1. The summed E-state index contributed by atoms with van der Waals surface area (Å²) in [4.78, 5) is 0. The Hall–Kier alpha value is -5.40. The third-order valence-electron chi connectivity index (χ3n) is 13.8. The van der Waals surface area contributed by atoms with Crippen molar-refractivity contribution in [3.05, 3.63) is 149 Å². The molecule has 1 aromatic heterocycles. The maximum Gasteiger partial charge on any atom is 0.0582 e. The predicted octanol–water partition coefficient (Wildman–Crippen LogP) is 14.9. The molecule has 2 heterocycles. The van der Waals surface area contributed by atoms with Crippen LogP contribution in [0.2, 0.25) is 0 Å². The molecule has 2 aliphatic rings. The second-order valence-electron chi connectivity index (χ2n) is 19.9. The summed E-state index contributed by atoms with van der Waals surface area (Å²) in [5, 5.41) is 10.7. The summed E-state index contributed by atoms with van der Waals surface area (Å²) in [7, 11) is 0. The maximum atomic E-state index is 2.62. The number of benzene rings is 8. The van der Waals surface area contributed by atoms with Gasteiger partial charge >= 0.3 is 0 Å². The van der Waals surface area contributed by atoms with Crippen molar-refractivity contribution in [1.29, 1.82) is 0 Å². The summed E-state index contributed by atoms with van der Waals surface area (Å²) in [6.07, 6.45) is 0. The van der Waals surface area contributed by atoms with Crippen LogP contribution in [0.5, 0.6) is 0 Å². The lowest BCUT2D eigenvalue weighted by atomic mass is 9.71. The van der Waals surface area contributed by atoms with Crippen molar-refractivity contribution >= 4 is 54.1 Å². The lowest BCUT2D eigenvalue weighted by molar-refractivity contribution is 0.581. The van der Waals surface area contributed by atoms with E-state index in [1.54, 1.807) is 0 Å². The molecule has 0 saturated carbocycles. The van der Waals surface area contributed by atoms with Gasteiger partial charge in [-0.25, -0.2) is 0 Å². The Labute approximate surface area is 325 Å². The molecule has 9 aromatic rings. The average Bonchev–Trinajstić information content (AvgIpc) is 3.59. The molecule has 0 N–H and O–H groups in total. The van der Waals surface area contributed by atoms with Gasteiger partial charge in [0.1, 0.15) is 0 Å². The molecule has 1 aliphatic heterocycles. The summed E-state index contributed by atoms with van der Waals surface area (Å²) in [5.41, 5.74) is 17.5. The van der Waals surface area contributed by atoms with Crippen molar-refractivity contribution in [3.8, 4) is 27.9 Å². The highest BCUT2D eigenvalue weighted by atomic mass is 15.0. The van der Waals surface area contributed by atoms with Gasteiger partial charge in [0.15, 0.2) is 0 Å². The largest absolute Gasteiger partial charge is 0.309 e. The number of hydrogen-bond donors (Lipinski definition) is 0. The Morgan fingerprint density at radius 2 is 1.04 bits per heavy atom. The van der Waals surface area contributed by atoms with E-state index in [1.165, 1.54) is 115 Å². The normalized spacial score (nSPS) is 15.7. The van der Waals surface area contributed by atoms with Gasteiger partial charge in [-0.2, -0.15) is 0 Å². The summed E-state index contributed by atoms with van der Waals surface area (Å²) >= 11 is 0. The molecule has 0 saturated heterocycles.